The van der Waals surface area contributed by atoms with Crippen molar-refractivity contribution in [2.45, 2.75) is 63.2 Å². The number of hydrogen-bond acceptors (Lipinski definition) is 21. The molecule has 0 fully saturated rings. The van der Waals surface area contributed by atoms with E-state index in [4.69, 9.17) is 28.4 Å². The summed E-state index contributed by atoms with van der Waals surface area (Å²) in [5.74, 6) is -3.63. The zero-order chi connectivity index (χ0) is 86.1. The van der Waals surface area contributed by atoms with E-state index in [-0.39, 0.29) is 85.7 Å². The fraction of sp³-hybridized carbons (Fsp3) is 0.100. The van der Waals surface area contributed by atoms with E-state index in [2.05, 4.69) is 58.9 Å². The van der Waals surface area contributed by atoms with E-state index in [0.29, 0.717) is 33.9 Å². The minimum absolute atomic E-state index is 0.00328. The molecule has 21 heteroatoms. The maximum absolute atomic E-state index is 12.9. The predicted molar refractivity (Wildman–Crippen MR) is 450 cm³/mol. The van der Waals surface area contributed by atoms with Crippen LogP contribution < -0.4 is 28.4 Å². The molecule has 9 N–H and O–H groups in total. The molecule has 606 valence electrons. The predicted octanol–water partition coefficient (Wildman–Crippen LogP) is 19.4. The first-order chi connectivity index (χ1) is 57.8. The number of ether oxygens (including phenoxy) is 6. The number of esters is 6. The second-order valence-corrected chi connectivity index (χ2v) is 30.0. The van der Waals surface area contributed by atoms with Crippen molar-refractivity contribution in [3.63, 3.8) is 0 Å². The highest BCUT2D eigenvalue weighted by atomic mass is 16.6. The summed E-state index contributed by atoms with van der Waals surface area (Å²) in [6, 6.07) is 87.3. The molecule has 0 heterocycles. The Morgan fingerprint density at radius 1 is 0.174 bits per heavy atom. The van der Waals surface area contributed by atoms with Crippen molar-refractivity contribution in [2.75, 3.05) is 0 Å². The molecule has 0 spiro atoms. The van der Waals surface area contributed by atoms with Gasteiger partial charge in [0.1, 0.15) is 86.2 Å². The molecule has 21 nitrogen and oxygen atoms in total. The molecule has 0 unspecified atom stereocenters. The van der Waals surface area contributed by atoms with Gasteiger partial charge < -0.3 is 74.4 Å². The lowest BCUT2D eigenvalue weighted by molar-refractivity contribution is 0.0724. The molecule has 14 aromatic carbocycles. The van der Waals surface area contributed by atoms with Gasteiger partial charge in [-0.15, -0.1) is 0 Å². The van der Waals surface area contributed by atoms with Crippen molar-refractivity contribution < 1.29 is 103 Å². The molecule has 0 radical (unpaired) electrons. The van der Waals surface area contributed by atoms with Crippen LogP contribution in [0.25, 0.3) is 0 Å². The Balaban J connectivity index is 0.000000209. The zero-order valence-electron chi connectivity index (χ0n) is 66.0. The molecule has 0 atom stereocenters. The number of rotatable bonds is 22. The first-order valence-electron chi connectivity index (χ1n) is 37.9. The summed E-state index contributed by atoms with van der Waals surface area (Å²) in [4.78, 5) is 76.7. The maximum atomic E-state index is 12.9. The average Bonchev–Trinajstić information content (AvgIpc) is 0.757. The molecule has 0 saturated heterocycles. The highest BCUT2D eigenvalue weighted by molar-refractivity contribution is 5.95. The van der Waals surface area contributed by atoms with E-state index in [0.717, 1.165) is 73.8 Å². The molecular formula is C100H80O21. The monoisotopic (exact) mass is 1620 g/mol. The summed E-state index contributed by atoms with van der Waals surface area (Å²) in [5, 5.41) is 87.7. The van der Waals surface area contributed by atoms with Crippen molar-refractivity contribution in [1.29, 1.82) is 0 Å². The molecule has 14 aromatic rings. The van der Waals surface area contributed by atoms with Gasteiger partial charge in [-0.2, -0.15) is 0 Å². The molecular weight excluding hydrogens is 1540 g/mol. The SMILES string of the molecule is CC(C)(c1ccc(OC(=O)c2cc(O)cc(O)c2)cc1)c1ccc(C(C)(c2ccc(OC(=O)c3cc(O)cc(O)c3)cc2)c2ccc(OC(=O)c3cc(O)cc(O)c3)cc2)cc1.CC(C)(c1ccc(OC(=O)c2ccc(O)cc2)cc1)c1ccc(C(C)(c2ccc(OC(=O)c3ccc(O)cc3)cc2)c2ccc(OC(=O)c3ccc(O)cc3)cc2)cc1. The number of aromatic hydroxyl groups is 9. The van der Waals surface area contributed by atoms with Crippen molar-refractivity contribution >= 4 is 35.8 Å². The molecule has 0 aliphatic carbocycles. The standard InChI is InChI=1S/C50H40O12.C50H40O9/c1-49(2,33-8-14-43(15-9-33)60-46(57)29-20-37(51)26-38(52)21-29)32-4-6-34(7-5-32)50(3,35-10-16-44(17-11-35)61-47(58)30-22-39(53)27-40(54)23-30)36-12-18-45(19-13-36)62-48(59)31-24-41(55)28-42(56)25-31;1-49(2,36-14-26-43(27-15-36)57-46(54)32-4-20-40(51)21-5-32)35-10-12-37(13-11-35)50(3,38-16-28-44(29-17-38)58-47(55)33-6-22-41(52)23-7-33)39-18-30-45(31-19-39)59-48(56)34-8-24-42(53)25-9-34/h4-28,51-56H,1-3H3;4-31,51-53H,1-3H3. The minimum atomic E-state index is -0.834. The van der Waals surface area contributed by atoms with E-state index in [1.807, 2.05) is 104 Å². The normalized spacial score (nSPS) is 11.4. The number of carbonyl (C=O) groups excluding carboxylic acids is 6. The number of benzene rings is 14. The Kier molecular flexibility index (Phi) is 23.9. The van der Waals surface area contributed by atoms with Crippen molar-refractivity contribution in [3.05, 3.63) is 411 Å². The lowest BCUT2D eigenvalue weighted by Gasteiger charge is -2.33. The molecule has 0 aromatic heterocycles. The van der Waals surface area contributed by atoms with Gasteiger partial charge in [0, 0.05) is 39.9 Å². The molecule has 0 saturated carbocycles. The highest BCUT2D eigenvalue weighted by Gasteiger charge is 2.36. The van der Waals surface area contributed by atoms with Gasteiger partial charge in [-0.25, -0.2) is 28.8 Å². The third kappa shape index (κ3) is 19.1. The van der Waals surface area contributed by atoms with Crippen LogP contribution in [0, 0.1) is 0 Å². The molecule has 0 aliphatic heterocycles. The van der Waals surface area contributed by atoms with Crippen LogP contribution in [0.3, 0.4) is 0 Å². The lowest BCUT2D eigenvalue weighted by atomic mass is 9.70. The van der Waals surface area contributed by atoms with Gasteiger partial charge in [-0.3, -0.25) is 0 Å². The second-order valence-electron chi connectivity index (χ2n) is 30.0. The first-order valence-corrected chi connectivity index (χ1v) is 37.9. The summed E-state index contributed by atoms with van der Waals surface area (Å²) < 4.78 is 33.5. The number of hydrogen-bond donors (Lipinski definition) is 9. The summed E-state index contributed by atoms with van der Waals surface area (Å²) in [5.41, 5.74) is 7.60. The molecule has 14 rings (SSSR count). The highest BCUT2D eigenvalue weighted by Crippen LogP contribution is 2.45. The number of phenolic OH excluding ortho intramolecular Hbond substituents is 9. The van der Waals surface area contributed by atoms with Crippen LogP contribution in [-0.2, 0) is 21.7 Å². The summed E-state index contributed by atoms with van der Waals surface area (Å²) in [7, 11) is 0. The summed E-state index contributed by atoms with van der Waals surface area (Å²) in [6.07, 6.45) is 0. The topological polar surface area (TPSA) is 340 Å². The molecule has 0 amide bonds. The molecule has 0 aliphatic rings. The summed E-state index contributed by atoms with van der Waals surface area (Å²) >= 11 is 0. The average molecular weight is 1620 g/mol. The fourth-order valence-electron chi connectivity index (χ4n) is 14.0. The van der Waals surface area contributed by atoms with E-state index in [9.17, 15) is 74.7 Å². The number of carbonyl (C=O) groups is 6. The quantitative estimate of drug-likeness (QED) is 0.0173. The maximum Gasteiger partial charge on any atom is 0.343 e. The van der Waals surface area contributed by atoms with Gasteiger partial charge in [0.15, 0.2) is 0 Å². The van der Waals surface area contributed by atoms with Gasteiger partial charge in [-0.05, 0) is 251 Å². The van der Waals surface area contributed by atoms with Crippen molar-refractivity contribution in [3.8, 4) is 86.2 Å². The minimum Gasteiger partial charge on any atom is -0.508 e. The third-order valence-electron chi connectivity index (χ3n) is 21.2. The largest absolute Gasteiger partial charge is 0.508 e. The Bertz CT molecular complexity index is 5850. The number of phenols is 9. The fourth-order valence-corrected chi connectivity index (χ4v) is 14.0. The third-order valence-corrected chi connectivity index (χ3v) is 21.2. The van der Waals surface area contributed by atoms with Gasteiger partial charge in [0.05, 0.1) is 33.4 Å². The summed E-state index contributed by atoms with van der Waals surface area (Å²) in [6.45, 7) is 12.5. The molecule has 121 heavy (non-hydrogen) atoms. The second kappa shape index (κ2) is 34.9. The van der Waals surface area contributed by atoms with Crippen LogP contribution >= 0.6 is 0 Å². The zero-order valence-corrected chi connectivity index (χ0v) is 66.0. The van der Waals surface area contributed by atoms with Gasteiger partial charge in [-0.1, -0.05) is 149 Å². The Hall–Kier alpha value is -15.9. The van der Waals surface area contributed by atoms with Crippen LogP contribution in [0.1, 0.15) is 159 Å². The lowest BCUT2D eigenvalue weighted by Crippen LogP contribution is -2.26. The van der Waals surface area contributed by atoms with E-state index < -0.39 is 57.5 Å². The van der Waals surface area contributed by atoms with Crippen molar-refractivity contribution in [1.82, 2.24) is 0 Å². The van der Waals surface area contributed by atoms with Crippen molar-refractivity contribution in [2.24, 2.45) is 0 Å². The van der Waals surface area contributed by atoms with Gasteiger partial charge in [0.2, 0.25) is 0 Å². The van der Waals surface area contributed by atoms with Crippen LogP contribution in [0.15, 0.2) is 322 Å². The van der Waals surface area contributed by atoms with E-state index >= 15 is 0 Å². The van der Waals surface area contributed by atoms with Crippen LogP contribution in [0.2, 0.25) is 0 Å². The van der Waals surface area contributed by atoms with E-state index in [1.165, 1.54) is 109 Å². The van der Waals surface area contributed by atoms with E-state index in [1.54, 1.807) is 72.8 Å². The van der Waals surface area contributed by atoms with Gasteiger partial charge >= 0.3 is 35.8 Å². The van der Waals surface area contributed by atoms with Crippen LogP contribution in [0.4, 0.5) is 0 Å². The first kappa shape index (κ1) is 83.1. The van der Waals surface area contributed by atoms with Gasteiger partial charge in [0.25, 0.3) is 0 Å². The Morgan fingerprint density at radius 2 is 0.314 bits per heavy atom. The Labute approximate surface area is 695 Å². The smallest absolute Gasteiger partial charge is 0.343 e. The molecule has 0 bridgehead atoms. The van der Waals surface area contributed by atoms with Crippen LogP contribution in [0.5, 0.6) is 86.2 Å². The Morgan fingerprint density at radius 3 is 0.488 bits per heavy atom. The van der Waals surface area contributed by atoms with Crippen LogP contribution in [-0.4, -0.2) is 81.8 Å².